The summed E-state index contributed by atoms with van der Waals surface area (Å²) in [5.74, 6) is 0.0257. The van der Waals surface area contributed by atoms with Crippen LogP contribution in [0.25, 0.3) is 11.1 Å². The topological polar surface area (TPSA) is 64.7 Å². The Labute approximate surface area is 214 Å². The van der Waals surface area contributed by atoms with Crippen LogP contribution in [0.5, 0.6) is 0 Å². The summed E-state index contributed by atoms with van der Waals surface area (Å²) in [6, 6.07) is 24.5. The minimum Gasteiger partial charge on any atom is -0.348 e. The second-order valence-corrected chi connectivity index (χ2v) is 9.63. The molecule has 1 fully saturated rings. The van der Waals surface area contributed by atoms with Gasteiger partial charge in [-0.05, 0) is 54.7 Å². The maximum Gasteiger partial charge on any atom is 0.238 e. The molecule has 0 aliphatic carbocycles. The largest absolute Gasteiger partial charge is 0.348 e. The zero-order valence-electron chi connectivity index (χ0n) is 21.5. The zero-order chi connectivity index (χ0) is 25.5. The fourth-order valence-electron chi connectivity index (χ4n) is 4.55. The van der Waals surface area contributed by atoms with Gasteiger partial charge in [0.05, 0.1) is 19.1 Å². The molecule has 36 heavy (non-hydrogen) atoms. The van der Waals surface area contributed by atoms with E-state index in [-0.39, 0.29) is 17.9 Å². The number of rotatable bonds is 8. The summed E-state index contributed by atoms with van der Waals surface area (Å²) in [5.41, 5.74) is 6.57. The van der Waals surface area contributed by atoms with Gasteiger partial charge in [-0.15, -0.1) is 0 Å². The first-order chi connectivity index (χ1) is 17.4. The summed E-state index contributed by atoms with van der Waals surface area (Å²) in [5, 5.41) is 6.16. The molecule has 1 aliphatic heterocycles. The lowest BCUT2D eigenvalue weighted by Crippen LogP contribution is -2.51. The molecule has 0 unspecified atom stereocenters. The minimum absolute atomic E-state index is 0.00185. The highest BCUT2D eigenvalue weighted by Gasteiger charge is 2.21. The van der Waals surface area contributed by atoms with Crippen LogP contribution in [-0.2, 0) is 9.59 Å². The molecule has 0 aromatic heterocycles. The predicted octanol–water partition coefficient (Wildman–Crippen LogP) is 4.40. The molecule has 1 aliphatic rings. The molecule has 3 aromatic rings. The average molecular weight is 485 g/mol. The molecule has 4 rings (SSSR count). The summed E-state index contributed by atoms with van der Waals surface area (Å²) in [6.45, 7) is 9.89. The highest BCUT2D eigenvalue weighted by Crippen LogP contribution is 2.22. The number of benzene rings is 3. The first-order valence-electron chi connectivity index (χ1n) is 12.6. The summed E-state index contributed by atoms with van der Waals surface area (Å²) in [4.78, 5) is 29.5. The first-order valence-corrected chi connectivity index (χ1v) is 12.6. The third kappa shape index (κ3) is 6.80. The van der Waals surface area contributed by atoms with Gasteiger partial charge >= 0.3 is 0 Å². The Morgan fingerprint density at radius 3 is 1.97 bits per heavy atom. The number of hydrogen-bond donors (Lipinski definition) is 2. The number of nitrogens with zero attached hydrogens (tertiary/aromatic N) is 2. The minimum atomic E-state index is -0.0580. The third-order valence-corrected chi connectivity index (χ3v) is 6.97. The molecular weight excluding hydrogens is 448 g/mol. The Kier molecular flexibility index (Phi) is 8.52. The maximum atomic E-state index is 12.7. The van der Waals surface area contributed by atoms with Crippen LogP contribution in [0.3, 0.4) is 0 Å². The van der Waals surface area contributed by atoms with Gasteiger partial charge in [-0.2, -0.15) is 0 Å². The van der Waals surface area contributed by atoms with Crippen molar-refractivity contribution in [2.24, 2.45) is 0 Å². The molecule has 0 bridgehead atoms. The fourth-order valence-corrected chi connectivity index (χ4v) is 4.55. The van der Waals surface area contributed by atoms with E-state index in [4.69, 9.17) is 0 Å². The number of hydrogen-bond acceptors (Lipinski definition) is 4. The molecule has 2 amide bonds. The van der Waals surface area contributed by atoms with Gasteiger partial charge in [0.15, 0.2) is 0 Å². The van der Waals surface area contributed by atoms with Crippen LogP contribution in [-0.4, -0.2) is 60.9 Å². The number of amides is 2. The van der Waals surface area contributed by atoms with E-state index >= 15 is 0 Å². The Bertz CT molecular complexity index is 1170. The molecule has 6 nitrogen and oxygen atoms in total. The number of carbonyl (C=O) groups is 2. The average Bonchev–Trinajstić information content (AvgIpc) is 2.88. The van der Waals surface area contributed by atoms with E-state index in [2.05, 4.69) is 56.8 Å². The van der Waals surface area contributed by atoms with Crippen molar-refractivity contribution in [3.63, 3.8) is 0 Å². The number of nitrogens with one attached hydrogen (secondary N) is 2. The van der Waals surface area contributed by atoms with Crippen LogP contribution in [0, 0.1) is 13.8 Å². The molecule has 6 heteroatoms. The molecule has 0 spiro atoms. The standard InChI is InChI=1S/C30H36N4O2/c1-22-8-7-11-28(23(22)2)32-30(36)21-34-18-16-33(17-19-34)20-29(35)31-24(3)25-12-14-27(15-13-25)26-9-5-4-6-10-26/h4-15,24H,16-21H2,1-3H3,(H,31,35)(H,32,36)/t24-/m1/s1. The van der Waals surface area contributed by atoms with Gasteiger partial charge in [-0.3, -0.25) is 19.4 Å². The number of aryl methyl sites for hydroxylation is 1. The smallest absolute Gasteiger partial charge is 0.238 e. The van der Waals surface area contributed by atoms with E-state index < -0.39 is 0 Å². The van der Waals surface area contributed by atoms with Gasteiger partial charge in [0.25, 0.3) is 0 Å². The van der Waals surface area contributed by atoms with Crippen LogP contribution < -0.4 is 10.6 Å². The number of piperazine rings is 1. The lowest BCUT2D eigenvalue weighted by atomic mass is 10.0. The SMILES string of the molecule is Cc1cccc(NC(=O)CN2CCN(CC(=O)N[C@H](C)c3ccc(-c4ccccc4)cc3)CC2)c1C. The first kappa shape index (κ1) is 25.6. The summed E-state index contributed by atoms with van der Waals surface area (Å²) >= 11 is 0. The van der Waals surface area contributed by atoms with E-state index in [1.807, 2.05) is 57.2 Å². The van der Waals surface area contributed by atoms with Crippen molar-refractivity contribution in [3.8, 4) is 11.1 Å². The van der Waals surface area contributed by atoms with Crippen molar-refractivity contribution in [2.45, 2.75) is 26.8 Å². The number of anilines is 1. The molecule has 3 aromatic carbocycles. The van der Waals surface area contributed by atoms with Crippen molar-refractivity contribution in [2.75, 3.05) is 44.6 Å². The van der Waals surface area contributed by atoms with Gasteiger partial charge in [0, 0.05) is 31.9 Å². The highest BCUT2D eigenvalue weighted by molar-refractivity contribution is 5.93. The Hall–Kier alpha value is -3.48. The Balaban J connectivity index is 1.19. The van der Waals surface area contributed by atoms with Gasteiger partial charge in [0.2, 0.25) is 11.8 Å². The van der Waals surface area contributed by atoms with E-state index in [0.717, 1.165) is 43.0 Å². The normalized spacial score (nSPS) is 15.3. The Morgan fingerprint density at radius 2 is 1.33 bits per heavy atom. The van der Waals surface area contributed by atoms with Crippen molar-refractivity contribution in [1.82, 2.24) is 15.1 Å². The van der Waals surface area contributed by atoms with E-state index in [0.29, 0.717) is 13.1 Å². The zero-order valence-corrected chi connectivity index (χ0v) is 21.5. The van der Waals surface area contributed by atoms with Gasteiger partial charge in [-0.25, -0.2) is 0 Å². The molecule has 0 saturated carbocycles. The lowest BCUT2D eigenvalue weighted by molar-refractivity contribution is -0.124. The molecule has 1 heterocycles. The fraction of sp³-hybridized carbons (Fsp3) is 0.333. The Morgan fingerprint density at radius 1 is 0.750 bits per heavy atom. The molecule has 1 saturated heterocycles. The molecule has 188 valence electrons. The summed E-state index contributed by atoms with van der Waals surface area (Å²) < 4.78 is 0. The monoisotopic (exact) mass is 484 g/mol. The predicted molar refractivity (Wildman–Crippen MR) is 146 cm³/mol. The van der Waals surface area contributed by atoms with Crippen molar-refractivity contribution >= 4 is 17.5 Å². The highest BCUT2D eigenvalue weighted by atomic mass is 16.2. The van der Waals surface area contributed by atoms with Crippen LogP contribution in [0.1, 0.15) is 29.7 Å². The van der Waals surface area contributed by atoms with Gasteiger partial charge in [-0.1, -0.05) is 66.7 Å². The second kappa shape index (κ2) is 12.0. The maximum absolute atomic E-state index is 12.7. The van der Waals surface area contributed by atoms with Crippen molar-refractivity contribution in [3.05, 3.63) is 89.5 Å². The van der Waals surface area contributed by atoms with Crippen molar-refractivity contribution < 1.29 is 9.59 Å². The van der Waals surface area contributed by atoms with Crippen LogP contribution in [0.4, 0.5) is 5.69 Å². The van der Waals surface area contributed by atoms with Crippen LogP contribution in [0.2, 0.25) is 0 Å². The van der Waals surface area contributed by atoms with Crippen LogP contribution in [0.15, 0.2) is 72.8 Å². The summed E-state index contributed by atoms with van der Waals surface area (Å²) in [6.07, 6.45) is 0. The van der Waals surface area contributed by atoms with Crippen molar-refractivity contribution in [1.29, 1.82) is 0 Å². The molecule has 2 N–H and O–H groups in total. The molecular formula is C30H36N4O2. The summed E-state index contributed by atoms with van der Waals surface area (Å²) in [7, 11) is 0. The van der Waals surface area contributed by atoms with Gasteiger partial charge in [0.1, 0.15) is 0 Å². The second-order valence-electron chi connectivity index (χ2n) is 9.63. The van der Waals surface area contributed by atoms with E-state index in [1.54, 1.807) is 0 Å². The number of carbonyl (C=O) groups excluding carboxylic acids is 2. The van der Waals surface area contributed by atoms with Crippen LogP contribution >= 0.6 is 0 Å². The molecule has 0 radical (unpaired) electrons. The quantitative estimate of drug-likeness (QED) is 0.497. The van der Waals surface area contributed by atoms with E-state index in [1.165, 1.54) is 16.7 Å². The lowest BCUT2D eigenvalue weighted by Gasteiger charge is -2.34. The van der Waals surface area contributed by atoms with E-state index in [9.17, 15) is 9.59 Å². The third-order valence-electron chi connectivity index (χ3n) is 6.97. The van der Waals surface area contributed by atoms with Gasteiger partial charge < -0.3 is 10.6 Å². The molecule has 1 atom stereocenters.